The van der Waals surface area contributed by atoms with Crippen LogP contribution in [0.1, 0.15) is 13.8 Å². The predicted octanol–water partition coefficient (Wildman–Crippen LogP) is -0.371. The summed E-state index contributed by atoms with van der Waals surface area (Å²) in [6, 6.07) is 0. The molecule has 12 heavy (non-hydrogen) atoms. The van der Waals surface area contributed by atoms with Crippen LogP contribution < -0.4 is 5.32 Å². The van der Waals surface area contributed by atoms with Gasteiger partial charge in [0.15, 0.2) is 5.78 Å². The molecule has 1 amide bonds. The molecule has 4 heteroatoms. The number of allylic oxidation sites excluding steroid dienone is 1. The topological polar surface area (TPSA) is 66.4 Å². The van der Waals surface area contributed by atoms with Crippen molar-refractivity contribution in [3.05, 3.63) is 11.6 Å². The van der Waals surface area contributed by atoms with Crippen molar-refractivity contribution < 1.29 is 14.7 Å². The van der Waals surface area contributed by atoms with Gasteiger partial charge < -0.3 is 10.4 Å². The Morgan fingerprint density at radius 1 is 1.50 bits per heavy atom. The van der Waals surface area contributed by atoms with Crippen molar-refractivity contribution in [1.82, 2.24) is 5.32 Å². The number of rotatable bonds is 3. The first-order valence-corrected chi connectivity index (χ1v) is 3.61. The van der Waals surface area contributed by atoms with Crippen molar-refractivity contribution in [2.24, 2.45) is 0 Å². The maximum atomic E-state index is 11.0. The first-order chi connectivity index (χ1) is 5.49. The molecule has 1 unspecified atom stereocenters. The third kappa shape index (κ3) is 3.30. The number of hydrogen-bond acceptors (Lipinski definition) is 3. The van der Waals surface area contributed by atoms with E-state index in [9.17, 15) is 9.59 Å². The molecule has 0 aromatic carbocycles. The molecule has 1 atom stereocenters. The molecule has 2 N–H and O–H groups in total. The Balaban J connectivity index is 4.66. The highest BCUT2D eigenvalue weighted by Crippen LogP contribution is 2.01. The fourth-order valence-corrected chi connectivity index (χ4v) is 0.739. The first kappa shape index (κ1) is 10.8. The molecular weight excluding hydrogens is 158 g/mol. The number of hydrogen-bond donors (Lipinski definition) is 2. The van der Waals surface area contributed by atoms with E-state index < -0.39 is 12.0 Å². The lowest BCUT2D eigenvalue weighted by molar-refractivity contribution is -0.119. The standard InChI is InChI=1S/C8H13NO3/c1-5(10)4-7(6(2)11)8(12)9-3/h4,6,11H,1-3H3,(H,9,12)/b7-4-. The maximum Gasteiger partial charge on any atom is 0.249 e. The van der Waals surface area contributed by atoms with Gasteiger partial charge in [0, 0.05) is 12.6 Å². The van der Waals surface area contributed by atoms with Crippen LogP contribution in [0.15, 0.2) is 11.6 Å². The number of nitrogens with one attached hydrogen (secondary N) is 1. The lowest BCUT2D eigenvalue weighted by Crippen LogP contribution is -2.26. The van der Waals surface area contributed by atoms with Crippen molar-refractivity contribution in [1.29, 1.82) is 0 Å². The number of carbonyl (C=O) groups excluding carboxylic acids is 2. The second kappa shape index (κ2) is 4.66. The quantitative estimate of drug-likeness (QED) is 0.569. The minimum absolute atomic E-state index is 0.0880. The summed E-state index contributed by atoms with van der Waals surface area (Å²) in [5.41, 5.74) is 0.0880. The molecule has 0 rings (SSSR count). The van der Waals surface area contributed by atoms with Gasteiger partial charge in [-0.3, -0.25) is 9.59 Å². The molecule has 0 aliphatic rings. The average Bonchev–Trinajstić information content (AvgIpc) is 1.98. The van der Waals surface area contributed by atoms with Crippen LogP contribution in [0, 0.1) is 0 Å². The van der Waals surface area contributed by atoms with Crippen molar-refractivity contribution in [3.8, 4) is 0 Å². The Hall–Kier alpha value is -1.16. The van der Waals surface area contributed by atoms with E-state index in [-0.39, 0.29) is 11.4 Å². The fourth-order valence-electron chi connectivity index (χ4n) is 0.739. The first-order valence-electron chi connectivity index (χ1n) is 3.61. The fraction of sp³-hybridized carbons (Fsp3) is 0.500. The minimum atomic E-state index is -0.922. The van der Waals surface area contributed by atoms with Crippen LogP contribution in [-0.2, 0) is 9.59 Å². The largest absolute Gasteiger partial charge is 0.388 e. The summed E-state index contributed by atoms with van der Waals surface area (Å²) in [6.45, 7) is 2.76. The number of likely N-dealkylation sites (N-methyl/N-ethyl adjacent to an activating group) is 1. The van der Waals surface area contributed by atoms with Gasteiger partial charge in [-0.05, 0) is 19.9 Å². The van der Waals surface area contributed by atoms with Crippen LogP contribution in [-0.4, -0.2) is 29.9 Å². The van der Waals surface area contributed by atoms with Crippen molar-refractivity contribution >= 4 is 11.7 Å². The van der Waals surface area contributed by atoms with Crippen LogP contribution >= 0.6 is 0 Å². The average molecular weight is 171 g/mol. The molecule has 0 saturated heterocycles. The summed E-state index contributed by atoms with van der Waals surface area (Å²) in [6.07, 6.45) is 0.206. The monoisotopic (exact) mass is 171 g/mol. The summed E-state index contributed by atoms with van der Waals surface area (Å²) in [5, 5.41) is 11.4. The van der Waals surface area contributed by atoms with Gasteiger partial charge in [-0.2, -0.15) is 0 Å². The van der Waals surface area contributed by atoms with Crippen molar-refractivity contribution in [2.75, 3.05) is 7.05 Å². The van der Waals surface area contributed by atoms with Gasteiger partial charge >= 0.3 is 0 Å². The Kier molecular flexibility index (Phi) is 4.21. The summed E-state index contributed by atoms with van der Waals surface area (Å²) >= 11 is 0. The number of ketones is 1. The minimum Gasteiger partial charge on any atom is -0.388 e. The van der Waals surface area contributed by atoms with Crippen LogP contribution in [0.4, 0.5) is 0 Å². The van der Waals surface area contributed by atoms with Crippen LogP contribution in [0.3, 0.4) is 0 Å². The van der Waals surface area contributed by atoms with Crippen molar-refractivity contribution in [3.63, 3.8) is 0 Å². The van der Waals surface area contributed by atoms with Crippen LogP contribution in [0.2, 0.25) is 0 Å². The van der Waals surface area contributed by atoms with E-state index in [0.717, 1.165) is 6.08 Å². The lowest BCUT2D eigenvalue weighted by Gasteiger charge is -2.07. The predicted molar refractivity (Wildman–Crippen MR) is 44.5 cm³/mol. The van der Waals surface area contributed by atoms with E-state index in [1.165, 1.54) is 20.9 Å². The third-order valence-corrected chi connectivity index (χ3v) is 1.30. The van der Waals surface area contributed by atoms with E-state index >= 15 is 0 Å². The molecule has 0 aliphatic carbocycles. The number of aliphatic hydroxyl groups is 1. The summed E-state index contributed by atoms with van der Waals surface area (Å²) < 4.78 is 0. The van der Waals surface area contributed by atoms with Gasteiger partial charge in [0.1, 0.15) is 0 Å². The summed E-state index contributed by atoms with van der Waals surface area (Å²) in [7, 11) is 1.44. The number of amides is 1. The highest BCUT2D eigenvalue weighted by molar-refractivity contribution is 6.01. The molecule has 0 spiro atoms. The third-order valence-electron chi connectivity index (χ3n) is 1.30. The Bertz CT molecular complexity index is 218. The SMILES string of the molecule is CNC(=O)/C(=C\C(C)=O)C(C)O. The smallest absolute Gasteiger partial charge is 0.249 e. The normalized spacial score (nSPS) is 13.8. The summed E-state index contributed by atoms with van der Waals surface area (Å²) in [5.74, 6) is -0.685. The molecule has 4 nitrogen and oxygen atoms in total. The molecule has 68 valence electrons. The maximum absolute atomic E-state index is 11.0. The molecule has 0 radical (unpaired) electrons. The van der Waals surface area contributed by atoms with Gasteiger partial charge in [-0.1, -0.05) is 0 Å². The molecule has 0 aromatic rings. The van der Waals surface area contributed by atoms with Crippen LogP contribution in [0.25, 0.3) is 0 Å². The van der Waals surface area contributed by atoms with E-state index in [0.29, 0.717) is 0 Å². The van der Waals surface area contributed by atoms with Crippen LogP contribution in [0.5, 0.6) is 0 Å². The molecule has 0 heterocycles. The molecule has 0 bridgehead atoms. The van der Waals surface area contributed by atoms with E-state index in [1.54, 1.807) is 0 Å². The zero-order chi connectivity index (χ0) is 9.72. The van der Waals surface area contributed by atoms with E-state index in [1.807, 2.05) is 0 Å². The lowest BCUT2D eigenvalue weighted by atomic mass is 10.1. The Morgan fingerprint density at radius 2 is 2.00 bits per heavy atom. The Labute approximate surface area is 71.3 Å². The molecular formula is C8H13NO3. The second-order valence-electron chi connectivity index (χ2n) is 2.47. The summed E-state index contributed by atoms with van der Waals surface area (Å²) in [4.78, 5) is 21.6. The molecule has 0 fully saturated rings. The molecule has 0 saturated carbocycles. The van der Waals surface area contributed by atoms with Gasteiger partial charge in [0.25, 0.3) is 0 Å². The molecule has 0 aromatic heterocycles. The molecule has 0 aliphatic heterocycles. The van der Waals surface area contributed by atoms with Gasteiger partial charge in [-0.25, -0.2) is 0 Å². The highest BCUT2D eigenvalue weighted by atomic mass is 16.3. The Morgan fingerprint density at radius 3 is 2.25 bits per heavy atom. The van der Waals surface area contributed by atoms with E-state index in [4.69, 9.17) is 5.11 Å². The number of carbonyl (C=O) groups is 2. The zero-order valence-corrected chi connectivity index (χ0v) is 7.42. The van der Waals surface area contributed by atoms with Gasteiger partial charge in [-0.15, -0.1) is 0 Å². The van der Waals surface area contributed by atoms with Gasteiger partial charge in [0.05, 0.1) is 6.10 Å². The van der Waals surface area contributed by atoms with Crippen molar-refractivity contribution in [2.45, 2.75) is 20.0 Å². The second-order valence-corrected chi connectivity index (χ2v) is 2.47. The van der Waals surface area contributed by atoms with Gasteiger partial charge in [0.2, 0.25) is 5.91 Å². The number of aliphatic hydroxyl groups excluding tert-OH is 1. The van der Waals surface area contributed by atoms with E-state index in [2.05, 4.69) is 5.32 Å². The highest BCUT2D eigenvalue weighted by Gasteiger charge is 2.13. The zero-order valence-electron chi connectivity index (χ0n) is 7.42.